The molecule has 0 fully saturated rings. The molecule has 0 aliphatic rings. The molecule has 0 aliphatic carbocycles. The van der Waals surface area contributed by atoms with Crippen LogP contribution in [0.3, 0.4) is 0 Å². The SMILES string of the molecule is O=C(NCc1ccc(C(O)c2ccsc2)s1)c1cc(=O)c2ccccc2o1. The fourth-order valence-electron chi connectivity index (χ4n) is 2.70. The predicted molar refractivity (Wildman–Crippen MR) is 106 cm³/mol. The van der Waals surface area contributed by atoms with E-state index in [0.717, 1.165) is 15.3 Å². The lowest BCUT2D eigenvalue weighted by molar-refractivity contribution is 0.0924. The molecule has 4 aromatic rings. The molecule has 0 saturated heterocycles. The number of hydrogen-bond acceptors (Lipinski definition) is 6. The number of aliphatic hydroxyl groups is 1. The number of rotatable bonds is 5. The van der Waals surface area contributed by atoms with Gasteiger partial charge < -0.3 is 14.8 Å². The molecule has 1 unspecified atom stereocenters. The van der Waals surface area contributed by atoms with Crippen LogP contribution >= 0.6 is 22.7 Å². The van der Waals surface area contributed by atoms with Gasteiger partial charge in [-0.2, -0.15) is 11.3 Å². The minimum absolute atomic E-state index is 0.0196. The van der Waals surface area contributed by atoms with Gasteiger partial charge in [-0.05, 0) is 46.7 Å². The van der Waals surface area contributed by atoms with Crippen LogP contribution in [0.4, 0.5) is 0 Å². The molecule has 3 aromatic heterocycles. The first-order chi connectivity index (χ1) is 13.1. The van der Waals surface area contributed by atoms with Crippen molar-refractivity contribution in [3.05, 3.63) is 90.6 Å². The Bertz CT molecular complexity index is 1140. The van der Waals surface area contributed by atoms with E-state index in [2.05, 4.69) is 5.32 Å². The first-order valence-corrected chi connectivity index (χ1v) is 9.97. The maximum Gasteiger partial charge on any atom is 0.287 e. The molecule has 5 nitrogen and oxygen atoms in total. The Kier molecular flexibility index (Phi) is 4.89. The van der Waals surface area contributed by atoms with E-state index in [1.807, 2.05) is 29.0 Å². The van der Waals surface area contributed by atoms with Gasteiger partial charge in [0.15, 0.2) is 11.2 Å². The Balaban J connectivity index is 1.46. The molecule has 0 bridgehead atoms. The van der Waals surface area contributed by atoms with Crippen LogP contribution in [0.5, 0.6) is 0 Å². The summed E-state index contributed by atoms with van der Waals surface area (Å²) in [6, 6.07) is 13.6. The number of para-hydroxylation sites is 1. The van der Waals surface area contributed by atoms with Gasteiger partial charge in [-0.3, -0.25) is 9.59 Å². The summed E-state index contributed by atoms with van der Waals surface area (Å²) >= 11 is 2.96. The number of benzene rings is 1. The van der Waals surface area contributed by atoms with Gasteiger partial charge in [-0.1, -0.05) is 12.1 Å². The molecule has 0 saturated carbocycles. The number of amides is 1. The number of hydrogen-bond donors (Lipinski definition) is 2. The number of aliphatic hydroxyl groups excluding tert-OH is 1. The van der Waals surface area contributed by atoms with Crippen LogP contribution < -0.4 is 10.7 Å². The second-order valence-corrected chi connectivity index (χ2v) is 7.90. The minimum Gasteiger partial charge on any atom is -0.451 e. The molecule has 1 atom stereocenters. The third-order valence-corrected chi connectivity index (χ3v) is 5.93. The van der Waals surface area contributed by atoms with E-state index in [-0.39, 0.29) is 17.7 Å². The third-order valence-electron chi connectivity index (χ3n) is 4.09. The summed E-state index contributed by atoms with van der Waals surface area (Å²) < 4.78 is 5.54. The van der Waals surface area contributed by atoms with Gasteiger partial charge in [0.2, 0.25) is 0 Å². The summed E-state index contributed by atoms with van der Waals surface area (Å²) in [5.41, 5.74) is 0.988. The molecule has 2 N–H and O–H groups in total. The van der Waals surface area contributed by atoms with Crippen LogP contribution in [0.25, 0.3) is 11.0 Å². The maximum atomic E-state index is 12.4. The summed E-state index contributed by atoms with van der Waals surface area (Å²) in [5, 5.41) is 17.4. The standard InChI is InChI=1S/C20H15NO4S2/c22-15-9-17(25-16-4-2-1-3-14(15)16)20(24)21-10-13-5-6-18(27-13)19(23)12-7-8-26-11-12/h1-9,11,19,23H,10H2,(H,21,24). The Morgan fingerprint density at radius 2 is 2.04 bits per heavy atom. The Morgan fingerprint density at radius 1 is 1.19 bits per heavy atom. The van der Waals surface area contributed by atoms with Crippen molar-refractivity contribution in [2.75, 3.05) is 0 Å². The number of carbonyl (C=O) groups is 1. The van der Waals surface area contributed by atoms with Gasteiger partial charge in [0.25, 0.3) is 5.91 Å². The molecule has 136 valence electrons. The highest BCUT2D eigenvalue weighted by molar-refractivity contribution is 7.12. The van der Waals surface area contributed by atoms with E-state index < -0.39 is 12.0 Å². The first-order valence-electron chi connectivity index (χ1n) is 8.21. The Labute approximate surface area is 162 Å². The van der Waals surface area contributed by atoms with Crippen LogP contribution in [0.2, 0.25) is 0 Å². The van der Waals surface area contributed by atoms with Crippen molar-refractivity contribution in [3.63, 3.8) is 0 Å². The van der Waals surface area contributed by atoms with E-state index in [0.29, 0.717) is 11.0 Å². The monoisotopic (exact) mass is 397 g/mol. The van der Waals surface area contributed by atoms with Crippen LogP contribution in [-0.4, -0.2) is 11.0 Å². The molecule has 1 amide bonds. The van der Waals surface area contributed by atoms with Gasteiger partial charge in [0.05, 0.1) is 11.9 Å². The van der Waals surface area contributed by atoms with Gasteiger partial charge >= 0.3 is 0 Å². The van der Waals surface area contributed by atoms with Crippen LogP contribution in [0, 0.1) is 0 Å². The molecule has 1 aromatic carbocycles. The van der Waals surface area contributed by atoms with Crippen molar-refractivity contribution in [3.8, 4) is 0 Å². The molecular formula is C20H15NO4S2. The van der Waals surface area contributed by atoms with Crippen molar-refractivity contribution in [1.82, 2.24) is 5.32 Å². The normalized spacial score (nSPS) is 12.2. The molecule has 4 rings (SSSR count). The zero-order chi connectivity index (χ0) is 18.8. The number of carbonyl (C=O) groups excluding carboxylic acids is 1. The fraction of sp³-hybridized carbons (Fsp3) is 0.100. The second kappa shape index (κ2) is 7.48. The number of fused-ring (bicyclic) bond motifs is 1. The van der Waals surface area contributed by atoms with Crippen molar-refractivity contribution < 1.29 is 14.3 Å². The third kappa shape index (κ3) is 3.71. The summed E-state index contributed by atoms with van der Waals surface area (Å²) in [4.78, 5) is 26.2. The first kappa shape index (κ1) is 17.7. The summed E-state index contributed by atoms with van der Waals surface area (Å²) in [7, 11) is 0. The van der Waals surface area contributed by atoms with Gasteiger partial charge in [-0.25, -0.2) is 0 Å². The van der Waals surface area contributed by atoms with E-state index in [1.165, 1.54) is 28.7 Å². The predicted octanol–water partition coefficient (Wildman–Crippen LogP) is 3.93. The lowest BCUT2D eigenvalue weighted by atomic mass is 10.2. The molecular weight excluding hydrogens is 382 g/mol. The van der Waals surface area contributed by atoms with E-state index in [1.54, 1.807) is 24.3 Å². The number of nitrogens with one attached hydrogen (secondary N) is 1. The molecule has 27 heavy (non-hydrogen) atoms. The van der Waals surface area contributed by atoms with Crippen molar-refractivity contribution >= 4 is 39.5 Å². The van der Waals surface area contributed by atoms with Crippen molar-refractivity contribution in [2.45, 2.75) is 12.6 Å². The van der Waals surface area contributed by atoms with Crippen LogP contribution in [0.15, 0.2) is 68.5 Å². The Morgan fingerprint density at radius 3 is 2.85 bits per heavy atom. The lowest BCUT2D eigenvalue weighted by Crippen LogP contribution is -2.23. The second-order valence-electron chi connectivity index (χ2n) is 5.92. The van der Waals surface area contributed by atoms with Crippen molar-refractivity contribution in [2.24, 2.45) is 0 Å². The topological polar surface area (TPSA) is 79.5 Å². The highest BCUT2D eigenvalue weighted by atomic mass is 32.1. The van der Waals surface area contributed by atoms with Crippen LogP contribution in [0.1, 0.15) is 32.0 Å². The van der Waals surface area contributed by atoms with Gasteiger partial charge in [-0.15, -0.1) is 11.3 Å². The van der Waals surface area contributed by atoms with E-state index in [4.69, 9.17) is 4.42 Å². The van der Waals surface area contributed by atoms with Crippen LogP contribution in [-0.2, 0) is 6.54 Å². The van der Waals surface area contributed by atoms with Crippen molar-refractivity contribution in [1.29, 1.82) is 0 Å². The summed E-state index contributed by atoms with van der Waals surface area (Å²) in [6.45, 7) is 0.288. The Hall–Kier alpha value is -2.74. The molecule has 3 heterocycles. The summed E-state index contributed by atoms with van der Waals surface area (Å²) in [6.07, 6.45) is -0.663. The maximum absolute atomic E-state index is 12.4. The highest BCUT2D eigenvalue weighted by Crippen LogP contribution is 2.29. The zero-order valence-electron chi connectivity index (χ0n) is 14.0. The smallest absolute Gasteiger partial charge is 0.287 e. The van der Waals surface area contributed by atoms with E-state index in [9.17, 15) is 14.7 Å². The largest absolute Gasteiger partial charge is 0.451 e. The van der Waals surface area contributed by atoms with Gasteiger partial charge in [0.1, 0.15) is 11.7 Å². The summed E-state index contributed by atoms with van der Waals surface area (Å²) in [5.74, 6) is -0.472. The molecule has 0 radical (unpaired) electrons. The fourth-order valence-corrected chi connectivity index (χ4v) is 4.35. The molecule has 7 heteroatoms. The van der Waals surface area contributed by atoms with E-state index >= 15 is 0 Å². The zero-order valence-corrected chi connectivity index (χ0v) is 15.7. The average molecular weight is 397 g/mol. The van der Waals surface area contributed by atoms with Gasteiger partial charge in [0, 0.05) is 15.8 Å². The highest BCUT2D eigenvalue weighted by Gasteiger charge is 2.15. The quantitative estimate of drug-likeness (QED) is 0.535. The average Bonchev–Trinajstić information content (AvgIpc) is 3.37. The molecule has 0 aliphatic heterocycles. The minimum atomic E-state index is -0.663. The number of thiophene rings is 2. The molecule has 0 spiro atoms. The lowest BCUT2D eigenvalue weighted by Gasteiger charge is -2.06.